The number of hydrogen-bond acceptors (Lipinski definition) is 3. The standard InChI is InChI=1S/C12H22O3/c1-11(15-12(2)14)9-7-5-3-4-6-8-10-13/h10-11H,3-9H2,1-2H3. The first-order valence-corrected chi connectivity index (χ1v) is 5.77. The van der Waals surface area contributed by atoms with E-state index >= 15 is 0 Å². The fourth-order valence-corrected chi connectivity index (χ4v) is 1.53. The maximum atomic E-state index is 10.6. The summed E-state index contributed by atoms with van der Waals surface area (Å²) < 4.78 is 5.01. The SMILES string of the molecule is CC(=O)OC(C)CCCCCCCC=O. The lowest BCUT2D eigenvalue weighted by Crippen LogP contribution is -2.11. The van der Waals surface area contributed by atoms with E-state index in [1.54, 1.807) is 0 Å². The van der Waals surface area contributed by atoms with Crippen molar-refractivity contribution >= 4 is 12.3 Å². The van der Waals surface area contributed by atoms with Gasteiger partial charge in [0.25, 0.3) is 0 Å². The fourth-order valence-electron chi connectivity index (χ4n) is 1.53. The van der Waals surface area contributed by atoms with Gasteiger partial charge in [0.05, 0.1) is 6.10 Å². The molecule has 15 heavy (non-hydrogen) atoms. The minimum Gasteiger partial charge on any atom is -0.463 e. The van der Waals surface area contributed by atoms with Crippen molar-refractivity contribution in [3.63, 3.8) is 0 Å². The molecule has 0 aromatic rings. The highest BCUT2D eigenvalue weighted by Crippen LogP contribution is 2.09. The zero-order valence-electron chi connectivity index (χ0n) is 9.83. The van der Waals surface area contributed by atoms with Crippen LogP contribution in [0, 0.1) is 0 Å². The van der Waals surface area contributed by atoms with Gasteiger partial charge in [-0.2, -0.15) is 0 Å². The first-order chi connectivity index (χ1) is 7.16. The summed E-state index contributed by atoms with van der Waals surface area (Å²) in [6, 6.07) is 0. The van der Waals surface area contributed by atoms with E-state index in [1.807, 2.05) is 6.92 Å². The molecule has 1 unspecified atom stereocenters. The quantitative estimate of drug-likeness (QED) is 0.337. The van der Waals surface area contributed by atoms with Gasteiger partial charge in [-0.15, -0.1) is 0 Å². The van der Waals surface area contributed by atoms with Crippen LogP contribution in [0.3, 0.4) is 0 Å². The van der Waals surface area contributed by atoms with Gasteiger partial charge in [-0.1, -0.05) is 19.3 Å². The number of unbranched alkanes of at least 4 members (excludes halogenated alkanes) is 5. The molecule has 0 aromatic heterocycles. The van der Waals surface area contributed by atoms with E-state index in [9.17, 15) is 9.59 Å². The van der Waals surface area contributed by atoms with E-state index in [4.69, 9.17) is 4.74 Å². The van der Waals surface area contributed by atoms with E-state index in [0.29, 0.717) is 6.42 Å². The molecule has 0 aromatic carbocycles. The summed E-state index contributed by atoms with van der Waals surface area (Å²) in [5, 5.41) is 0. The normalized spacial score (nSPS) is 12.1. The minimum absolute atomic E-state index is 0.0393. The lowest BCUT2D eigenvalue weighted by atomic mass is 10.1. The lowest BCUT2D eigenvalue weighted by molar-refractivity contribution is -0.145. The Labute approximate surface area is 92.2 Å². The zero-order valence-corrected chi connectivity index (χ0v) is 9.83. The van der Waals surface area contributed by atoms with Crippen molar-refractivity contribution in [2.24, 2.45) is 0 Å². The molecule has 0 heterocycles. The molecule has 3 nitrogen and oxygen atoms in total. The van der Waals surface area contributed by atoms with Gasteiger partial charge in [0, 0.05) is 13.3 Å². The fraction of sp³-hybridized carbons (Fsp3) is 0.833. The monoisotopic (exact) mass is 214 g/mol. The summed E-state index contributed by atoms with van der Waals surface area (Å²) in [6.07, 6.45) is 8.18. The van der Waals surface area contributed by atoms with Crippen LogP contribution < -0.4 is 0 Å². The van der Waals surface area contributed by atoms with Crippen molar-refractivity contribution < 1.29 is 14.3 Å². The second-order valence-corrected chi connectivity index (χ2v) is 3.93. The average Bonchev–Trinajstić information content (AvgIpc) is 2.15. The molecule has 0 radical (unpaired) electrons. The molecule has 0 N–H and O–H groups in total. The van der Waals surface area contributed by atoms with Crippen molar-refractivity contribution in [1.29, 1.82) is 0 Å². The van der Waals surface area contributed by atoms with Crippen LogP contribution in [0.2, 0.25) is 0 Å². The van der Waals surface area contributed by atoms with Gasteiger partial charge in [0.1, 0.15) is 6.29 Å². The number of rotatable bonds is 9. The van der Waals surface area contributed by atoms with Gasteiger partial charge in [-0.25, -0.2) is 0 Å². The molecular formula is C12H22O3. The number of esters is 1. The Balaban J connectivity index is 3.16. The maximum absolute atomic E-state index is 10.6. The predicted octanol–water partition coefficient (Wildman–Crippen LogP) is 2.87. The molecule has 0 fully saturated rings. The number of carbonyl (C=O) groups excluding carboxylic acids is 2. The van der Waals surface area contributed by atoms with Crippen molar-refractivity contribution in [3.8, 4) is 0 Å². The number of carbonyl (C=O) groups is 2. The highest BCUT2D eigenvalue weighted by Gasteiger charge is 2.04. The Hall–Kier alpha value is -0.860. The van der Waals surface area contributed by atoms with Gasteiger partial charge >= 0.3 is 5.97 Å². The molecule has 0 rings (SSSR count). The largest absolute Gasteiger partial charge is 0.463 e. The van der Waals surface area contributed by atoms with Gasteiger partial charge in [-0.05, 0) is 26.2 Å². The molecule has 0 amide bonds. The molecule has 0 aliphatic rings. The van der Waals surface area contributed by atoms with Crippen LogP contribution >= 0.6 is 0 Å². The zero-order chi connectivity index (χ0) is 11.5. The number of ether oxygens (including phenoxy) is 1. The third-order valence-electron chi connectivity index (χ3n) is 2.30. The molecule has 0 spiro atoms. The smallest absolute Gasteiger partial charge is 0.302 e. The molecule has 3 heteroatoms. The van der Waals surface area contributed by atoms with Gasteiger partial charge in [0.15, 0.2) is 0 Å². The first-order valence-electron chi connectivity index (χ1n) is 5.77. The first kappa shape index (κ1) is 14.1. The highest BCUT2D eigenvalue weighted by atomic mass is 16.5. The lowest BCUT2D eigenvalue weighted by Gasteiger charge is -2.10. The van der Waals surface area contributed by atoms with E-state index in [1.165, 1.54) is 13.3 Å². The van der Waals surface area contributed by atoms with E-state index in [2.05, 4.69) is 0 Å². The van der Waals surface area contributed by atoms with Crippen LogP contribution in [0.15, 0.2) is 0 Å². The Morgan fingerprint density at radius 3 is 2.40 bits per heavy atom. The summed E-state index contributed by atoms with van der Waals surface area (Å²) in [6.45, 7) is 3.36. The van der Waals surface area contributed by atoms with Crippen LogP contribution in [0.5, 0.6) is 0 Å². The van der Waals surface area contributed by atoms with Crippen LogP contribution in [0.4, 0.5) is 0 Å². The Morgan fingerprint density at radius 2 is 1.80 bits per heavy atom. The van der Waals surface area contributed by atoms with Crippen molar-refractivity contribution in [2.45, 2.75) is 64.9 Å². The number of hydrogen-bond donors (Lipinski definition) is 0. The molecule has 0 aliphatic heterocycles. The van der Waals surface area contributed by atoms with Gasteiger partial charge in [-0.3, -0.25) is 4.79 Å². The summed E-state index contributed by atoms with van der Waals surface area (Å²) in [7, 11) is 0. The molecule has 0 saturated carbocycles. The molecule has 1 atom stereocenters. The third-order valence-corrected chi connectivity index (χ3v) is 2.30. The average molecular weight is 214 g/mol. The molecule has 0 saturated heterocycles. The second-order valence-electron chi connectivity index (χ2n) is 3.93. The van der Waals surface area contributed by atoms with Gasteiger partial charge in [0.2, 0.25) is 0 Å². The van der Waals surface area contributed by atoms with Crippen molar-refractivity contribution in [2.75, 3.05) is 0 Å². The summed E-state index contributed by atoms with van der Waals surface area (Å²) in [5.41, 5.74) is 0. The van der Waals surface area contributed by atoms with Crippen molar-refractivity contribution in [1.82, 2.24) is 0 Å². The molecule has 0 bridgehead atoms. The summed E-state index contributed by atoms with van der Waals surface area (Å²) >= 11 is 0. The predicted molar refractivity (Wildman–Crippen MR) is 59.6 cm³/mol. The van der Waals surface area contributed by atoms with E-state index in [-0.39, 0.29) is 12.1 Å². The van der Waals surface area contributed by atoms with Crippen LogP contribution in [0.1, 0.15) is 58.8 Å². The molecule has 0 aliphatic carbocycles. The topological polar surface area (TPSA) is 43.4 Å². The van der Waals surface area contributed by atoms with E-state index < -0.39 is 0 Å². The maximum Gasteiger partial charge on any atom is 0.302 e. The van der Waals surface area contributed by atoms with Gasteiger partial charge < -0.3 is 9.53 Å². The van der Waals surface area contributed by atoms with Crippen LogP contribution in [-0.2, 0) is 14.3 Å². The highest BCUT2D eigenvalue weighted by molar-refractivity contribution is 5.66. The van der Waals surface area contributed by atoms with Crippen molar-refractivity contribution in [3.05, 3.63) is 0 Å². The Kier molecular flexibility index (Phi) is 9.13. The Bertz CT molecular complexity index is 178. The molecular weight excluding hydrogens is 192 g/mol. The molecule has 88 valence electrons. The van der Waals surface area contributed by atoms with E-state index in [0.717, 1.165) is 38.4 Å². The Morgan fingerprint density at radius 1 is 1.20 bits per heavy atom. The third kappa shape index (κ3) is 11.1. The second kappa shape index (κ2) is 9.69. The minimum atomic E-state index is -0.200. The van der Waals surface area contributed by atoms with Crippen LogP contribution in [0.25, 0.3) is 0 Å². The van der Waals surface area contributed by atoms with Crippen LogP contribution in [-0.4, -0.2) is 18.4 Å². The summed E-state index contributed by atoms with van der Waals surface area (Å²) in [5.74, 6) is -0.200. The summed E-state index contributed by atoms with van der Waals surface area (Å²) in [4.78, 5) is 20.6. The number of aldehydes is 1.